The van der Waals surface area contributed by atoms with Crippen molar-refractivity contribution in [1.29, 1.82) is 0 Å². The highest BCUT2D eigenvalue weighted by Crippen LogP contribution is 2.59. The van der Waals surface area contributed by atoms with Gasteiger partial charge in [0, 0.05) is 12.0 Å². The molecule has 1 saturated carbocycles. The molecule has 0 aromatic heterocycles. The number of carbonyl (C=O) groups is 1. The summed E-state index contributed by atoms with van der Waals surface area (Å²) in [5.41, 5.74) is -0.667. The number of benzene rings is 1. The van der Waals surface area contributed by atoms with Gasteiger partial charge in [-0.1, -0.05) is 6.07 Å². The Hall–Kier alpha value is -2.75. The minimum Gasteiger partial charge on any atom is -0.504 e. The van der Waals surface area contributed by atoms with Crippen LogP contribution < -0.4 is 0 Å². The zero-order valence-corrected chi connectivity index (χ0v) is 19.3. The van der Waals surface area contributed by atoms with Gasteiger partial charge >= 0.3 is 5.97 Å². The summed E-state index contributed by atoms with van der Waals surface area (Å²) in [6, 6.07) is 3.94. The van der Waals surface area contributed by atoms with E-state index >= 15 is 0 Å². The molecule has 1 aromatic carbocycles. The van der Waals surface area contributed by atoms with Crippen LogP contribution in [0, 0.1) is 11.8 Å². The van der Waals surface area contributed by atoms with Crippen molar-refractivity contribution >= 4 is 12.0 Å². The zero-order chi connectivity index (χ0) is 26.5. The number of hydrogen-bond donors (Lipinski definition) is 7. The lowest BCUT2D eigenvalue weighted by atomic mass is 9.85. The van der Waals surface area contributed by atoms with E-state index in [9.17, 15) is 40.5 Å². The number of aromatic hydroxyl groups is 2. The summed E-state index contributed by atoms with van der Waals surface area (Å²) in [4.78, 5) is 12.1. The molecule has 1 aliphatic carbocycles. The average molecular weight is 524 g/mol. The van der Waals surface area contributed by atoms with Gasteiger partial charge in [0.1, 0.15) is 42.7 Å². The number of aliphatic hydroxyl groups excluding tert-OH is 5. The van der Waals surface area contributed by atoms with E-state index in [2.05, 4.69) is 0 Å². The van der Waals surface area contributed by atoms with Gasteiger partial charge in [0.2, 0.25) is 6.29 Å². The molecule has 13 nitrogen and oxygen atoms in total. The van der Waals surface area contributed by atoms with Crippen molar-refractivity contribution in [3.8, 4) is 11.5 Å². The second kappa shape index (κ2) is 9.85. The van der Waals surface area contributed by atoms with Gasteiger partial charge in [0.15, 0.2) is 17.8 Å². The summed E-state index contributed by atoms with van der Waals surface area (Å²) < 4.78 is 27.6. The van der Waals surface area contributed by atoms with E-state index in [-0.39, 0.29) is 11.5 Å². The smallest absolute Gasteiger partial charge is 0.330 e. The topological polar surface area (TPSA) is 208 Å². The summed E-state index contributed by atoms with van der Waals surface area (Å²) in [5.74, 6) is -2.59. The molecule has 0 spiro atoms. The van der Waals surface area contributed by atoms with Crippen LogP contribution in [0.3, 0.4) is 0 Å². The predicted octanol–water partition coefficient (Wildman–Crippen LogP) is -1.91. The first kappa shape index (κ1) is 25.9. The van der Waals surface area contributed by atoms with Gasteiger partial charge in [-0.25, -0.2) is 4.79 Å². The summed E-state index contributed by atoms with van der Waals surface area (Å²) in [7, 11) is 0. The molecular weight excluding hydrogens is 496 g/mol. The highest BCUT2D eigenvalue weighted by atomic mass is 16.8. The van der Waals surface area contributed by atoms with Gasteiger partial charge < -0.3 is 59.4 Å². The van der Waals surface area contributed by atoms with Crippen LogP contribution in [0.15, 0.2) is 36.6 Å². The molecule has 5 rings (SSSR count). The first-order valence-corrected chi connectivity index (χ1v) is 11.7. The fourth-order valence-corrected chi connectivity index (χ4v) is 5.18. The molecule has 4 aliphatic rings. The molecule has 11 atom stereocenters. The molecule has 0 amide bonds. The molecule has 0 unspecified atom stereocenters. The summed E-state index contributed by atoms with van der Waals surface area (Å²) in [5, 5.41) is 70.4. The number of phenolic OH excluding ortho intramolecular Hbond substituents is 2. The molecule has 3 heterocycles. The van der Waals surface area contributed by atoms with E-state index in [1.165, 1.54) is 30.5 Å². The van der Waals surface area contributed by atoms with E-state index < -0.39 is 85.8 Å². The summed E-state index contributed by atoms with van der Waals surface area (Å²) in [6.45, 7) is -0.894. The molecule has 0 radical (unpaired) electrons. The van der Waals surface area contributed by atoms with Crippen LogP contribution >= 0.6 is 0 Å². The van der Waals surface area contributed by atoms with Crippen LogP contribution in [0.5, 0.6) is 11.5 Å². The Morgan fingerprint density at radius 1 is 1.03 bits per heavy atom. The third-order valence-corrected chi connectivity index (χ3v) is 7.25. The predicted molar refractivity (Wildman–Crippen MR) is 119 cm³/mol. The average Bonchev–Trinajstić information content (AvgIpc) is 3.58. The van der Waals surface area contributed by atoms with E-state index in [0.717, 1.165) is 6.08 Å². The van der Waals surface area contributed by atoms with E-state index in [1.54, 1.807) is 6.08 Å². The number of esters is 1. The maximum absolute atomic E-state index is 12.1. The third kappa shape index (κ3) is 4.57. The number of carbonyl (C=O) groups excluding carboxylic acids is 1. The van der Waals surface area contributed by atoms with Gasteiger partial charge in [-0.15, -0.1) is 0 Å². The number of hydrogen-bond acceptors (Lipinski definition) is 13. The molecule has 13 heteroatoms. The van der Waals surface area contributed by atoms with Gasteiger partial charge in [-0.2, -0.15) is 0 Å². The Kier molecular flexibility index (Phi) is 6.89. The number of fused-ring (bicyclic) bond motifs is 3. The van der Waals surface area contributed by atoms with Crippen molar-refractivity contribution in [2.75, 3.05) is 13.2 Å². The quantitative estimate of drug-likeness (QED) is 0.0900. The van der Waals surface area contributed by atoms with Crippen molar-refractivity contribution in [2.24, 2.45) is 11.8 Å². The standard InChI is InChI=1S/C24H28O13/c25-9-24-16-11(17(29)21(24)37-24)5-6-33-22(16)36-23-20(32)19(31)18(30)14(35-23)8-34-15(28)4-2-10-1-3-12(26)13(27)7-10/h1-7,11,14,16-23,25-27,29-32H,8-9H2/b4-2+/t11-,14-,16-,17+,18-,19+,20-,21-,22+,23+,24+/m1/s1. The lowest BCUT2D eigenvalue weighted by molar-refractivity contribution is -0.344. The van der Waals surface area contributed by atoms with Crippen LogP contribution in [-0.4, -0.2) is 110 Å². The van der Waals surface area contributed by atoms with Crippen LogP contribution in [0.1, 0.15) is 5.56 Å². The number of epoxide rings is 1. The molecule has 2 saturated heterocycles. The van der Waals surface area contributed by atoms with Crippen molar-refractivity contribution in [1.82, 2.24) is 0 Å². The molecule has 202 valence electrons. The first-order chi connectivity index (χ1) is 17.7. The van der Waals surface area contributed by atoms with Crippen LogP contribution in [0.2, 0.25) is 0 Å². The minimum atomic E-state index is -1.71. The van der Waals surface area contributed by atoms with Crippen molar-refractivity contribution < 1.29 is 64.2 Å². The van der Waals surface area contributed by atoms with Crippen molar-refractivity contribution in [2.45, 2.75) is 54.8 Å². The molecule has 3 aliphatic heterocycles. The molecule has 3 fully saturated rings. The Morgan fingerprint density at radius 2 is 1.81 bits per heavy atom. The fourth-order valence-electron chi connectivity index (χ4n) is 5.18. The van der Waals surface area contributed by atoms with E-state index in [4.69, 9.17) is 23.7 Å². The Morgan fingerprint density at radius 3 is 2.54 bits per heavy atom. The van der Waals surface area contributed by atoms with Gasteiger partial charge in [-0.05, 0) is 29.8 Å². The zero-order valence-electron chi connectivity index (χ0n) is 19.3. The number of phenols is 2. The van der Waals surface area contributed by atoms with Crippen LogP contribution in [0.25, 0.3) is 6.08 Å². The Bertz CT molecular complexity index is 1070. The second-order valence-corrected chi connectivity index (χ2v) is 9.44. The van der Waals surface area contributed by atoms with Crippen molar-refractivity contribution in [3.63, 3.8) is 0 Å². The lowest BCUT2D eigenvalue weighted by Crippen LogP contribution is -2.60. The molecular formula is C24H28O13. The molecule has 0 bridgehead atoms. The highest BCUT2D eigenvalue weighted by Gasteiger charge is 2.75. The first-order valence-electron chi connectivity index (χ1n) is 11.7. The van der Waals surface area contributed by atoms with Gasteiger partial charge in [0.05, 0.1) is 24.9 Å². The van der Waals surface area contributed by atoms with E-state index in [0.29, 0.717) is 5.56 Å². The third-order valence-electron chi connectivity index (χ3n) is 7.25. The number of ether oxygens (including phenoxy) is 5. The monoisotopic (exact) mass is 524 g/mol. The van der Waals surface area contributed by atoms with Crippen molar-refractivity contribution in [3.05, 3.63) is 42.2 Å². The Balaban J connectivity index is 1.21. The largest absolute Gasteiger partial charge is 0.504 e. The van der Waals surface area contributed by atoms with Crippen LogP contribution in [-0.2, 0) is 28.5 Å². The van der Waals surface area contributed by atoms with Gasteiger partial charge in [-0.3, -0.25) is 0 Å². The summed E-state index contributed by atoms with van der Waals surface area (Å²) >= 11 is 0. The number of aliphatic hydroxyl groups is 5. The lowest BCUT2D eigenvalue weighted by Gasteiger charge is -2.43. The minimum absolute atomic E-state index is 0.314. The SMILES string of the molecule is O=C(/C=C/c1ccc(O)c(O)c1)OC[C@H]1O[C@@H](O[C@@H]2OC=C[C@H]3[C@H](O)[C@H]4O[C@@]4(CO)[C@@H]23)[C@H](O)[C@@H](O)[C@@H]1O. The van der Waals surface area contributed by atoms with E-state index in [1.807, 2.05) is 0 Å². The Labute approximate surface area is 210 Å². The second-order valence-electron chi connectivity index (χ2n) is 9.44. The molecule has 7 N–H and O–H groups in total. The maximum atomic E-state index is 12.1. The van der Waals surface area contributed by atoms with Gasteiger partial charge in [0.25, 0.3) is 0 Å². The fraction of sp³-hybridized carbons (Fsp3) is 0.542. The maximum Gasteiger partial charge on any atom is 0.330 e. The molecule has 37 heavy (non-hydrogen) atoms. The van der Waals surface area contributed by atoms with Crippen LogP contribution in [0.4, 0.5) is 0 Å². The normalized spacial score (nSPS) is 42.2. The highest BCUT2D eigenvalue weighted by molar-refractivity contribution is 5.87. The summed E-state index contributed by atoms with van der Waals surface area (Å²) in [6.07, 6.45) is -5.09. The molecule has 1 aromatic rings. The number of rotatable bonds is 7.